The number of ether oxygens (including phenoxy) is 2. The molecule has 2 heterocycles. The Morgan fingerprint density at radius 3 is 2.03 bits per heavy atom. The van der Waals surface area contributed by atoms with Gasteiger partial charge in [0.2, 0.25) is 0 Å². The maximum absolute atomic E-state index is 13.5. The molecule has 0 amide bonds. The van der Waals surface area contributed by atoms with Crippen LogP contribution in [0.5, 0.6) is 0 Å². The minimum absolute atomic E-state index is 0.359. The van der Waals surface area contributed by atoms with Crippen molar-refractivity contribution in [1.82, 2.24) is 4.57 Å². The van der Waals surface area contributed by atoms with Gasteiger partial charge in [0.25, 0.3) is 0 Å². The standard InChI is InChI=1S/C29H27NO4/c1-3-32-24(33-4-2)19-30-27(21-15-9-6-10-16-21)25(20-13-7-5-8-14-20)26-22-17-11-12-18-23(22)34-29(31)28(26)30/h5-18,24H,3-4,19H2,1-2H3. The van der Waals surface area contributed by atoms with Crippen molar-refractivity contribution < 1.29 is 13.9 Å². The minimum atomic E-state index is -0.498. The number of aromatic nitrogens is 1. The first-order valence-corrected chi connectivity index (χ1v) is 11.6. The van der Waals surface area contributed by atoms with Gasteiger partial charge in [-0.1, -0.05) is 78.9 Å². The molecule has 0 spiro atoms. The fourth-order valence-corrected chi connectivity index (χ4v) is 4.64. The second-order valence-corrected chi connectivity index (χ2v) is 8.02. The fourth-order valence-electron chi connectivity index (χ4n) is 4.64. The smallest absolute Gasteiger partial charge is 0.361 e. The van der Waals surface area contributed by atoms with E-state index in [1.165, 1.54) is 0 Å². The molecule has 0 saturated carbocycles. The minimum Gasteiger partial charge on any atom is -0.421 e. The SMILES string of the molecule is CCOC(Cn1c(-c2ccccc2)c(-c2ccccc2)c2c3ccccc3oc(=O)c21)OCC. The Morgan fingerprint density at radius 2 is 1.38 bits per heavy atom. The van der Waals surface area contributed by atoms with Crippen LogP contribution in [-0.2, 0) is 16.0 Å². The molecule has 5 rings (SSSR count). The number of nitrogens with zero attached hydrogens (tertiary/aromatic N) is 1. The Labute approximate surface area is 198 Å². The van der Waals surface area contributed by atoms with Crippen LogP contribution in [0.25, 0.3) is 44.3 Å². The fraction of sp³-hybridized carbons (Fsp3) is 0.207. The van der Waals surface area contributed by atoms with Gasteiger partial charge >= 0.3 is 5.63 Å². The van der Waals surface area contributed by atoms with E-state index in [4.69, 9.17) is 13.9 Å². The Hall–Kier alpha value is -3.67. The third kappa shape index (κ3) is 3.94. The molecule has 34 heavy (non-hydrogen) atoms. The number of rotatable bonds is 8. The molecule has 5 nitrogen and oxygen atoms in total. The molecule has 0 unspecified atom stereocenters. The van der Waals surface area contributed by atoms with Gasteiger partial charge in [0.1, 0.15) is 11.1 Å². The van der Waals surface area contributed by atoms with Crippen molar-refractivity contribution in [3.05, 3.63) is 95.3 Å². The molecule has 172 valence electrons. The van der Waals surface area contributed by atoms with Crippen LogP contribution in [0.1, 0.15) is 13.8 Å². The van der Waals surface area contributed by atoms with Gasteiger partial charge in [-0.3, -0.25) is 0 Å². The molecule has 3 aromatic carbocycles. The highest BCUT2D eigenvalue weighted by Crippen LogP contribution is 2.43. The van der Waals surface area contributed by atoms with Crippen LogP contribution in [0, 0.1) is 0 Å². The zero-order chi connectivity index (χ0) is 23.5. The van der Waals surface area contributed by atoms with E-state index in [0.717, 1.165) is 33.2 Å². The summed E-state index contributed by atoms with van der Waals surface area (Å²) in [4.78, 5) is 13.5. The lowest BCUT2D eigenvalue weighted by atomic mass is 9.97. The van der Waals surface area contributed by atoms with Gasteiger partial charge in [-0.2, -0.15) is 0 Å². The van der Waals surface area contributed by atoms with Crippen LogP contribution >= 0.6 is 0 Å². The summed E-state index contributed by atoms with van der Waals surface area (Å²) < 4.78 is 19.6. The largest absolute Gasteiger partial charge is 0.421 e. The second kappa shape index (κ2) is 9.67. The molecular formula is C29H27NO4. The van der Waals surface area contributed by atoms with E-state index in [0.29, 0.717) is 30.9 Å². The van der Waals surface area contributed by atoms with Crippen molar-refractivity contribution in [2.45, 2.75) is 26.7 Å². The molecule has 0 saturated heterocycles. The van der Waals surface area contributed by atoms with Gasteiger partial charge in [0.05, 0.1) is 12.2 Å². The van der Waals surface area contributed by atoms with E-state index >= 15 is 0 Å². The Balaban J connectivity index is 1.95. The summed E-state index contributed by atoms with van der Waals surface area (Å²) in [6, 6.07) is 28.0. The first-order chi connectivity index (χ1) is 16.7. The van der Waals surface area contributed by atoms with E-state index in [1.54, 1.807) is 0 Å². The summed E-state index contributed by atoms with van der Waals surface area (Å²) >= 11 is 0. The van der Waals surface area contributed by atoms with Crippen molar-refractivity contribution in [2.75, 3.05) is 13.2 Å². The maximum atomic E-state index is 13.5. The molecule has 5 heteroatoms. The van der Waals surface area contributed by atoms with E-state index < -0.39 is 6.29 Å². The van der Waals surface area contributed by atoms with Gasteiger partial charge in [-0.05, 0) is 31.0 Å². The molecule has 0 fully saturated rings. The normalized spacial score (nSPS) is 11.6. The lowest BCUT2D eigenvalue weighted by Crippen LogP contribution is -2.25. The van der Waals surface area contributed by atoms with Crippen LogP contribution in [0.4, 0.5) is 0 Å². The van der Waals surface area contributed by atoms with Gasteiger partial charge in [-0.15, -0.1) is 0 Å². The molecule has 0 radical (unpaired) electrons. The van der Waals surface area contributed by atoms with E-state index in [-0.39, 0.29) is 5.63 Å². The van der Waals surface area contributed by atoms with Crippen molar-refractivity contribution in [3.63, 3.8) is 0 Å². The lowest BCUT2D eigenvalue weighted by Gasteiger charge is -2.20. The quantitative estimate of drug-likeness (QED) is 0.199. The second-order valence-electron chi connectivity index (χ2n) is 8.02. The highest BCUT2D eigenvalue weighted by Gasteiger charge is 2.26. The molecular weight excluding hydrogens is 426 g/mol. The van der Waals surface area contributed by atoms with Crippen molar-refractivity contribution in [3.8, 4) is 22.4 Å². The Morgan fingerprint density at radius 1 is 0.794 bits per heavy atom. The third-order valence-electron chi connectivity index (χ3n) is 5.96. The molecule has 0 aliphatic carbocycles. The third-order valence-corrected chi connectivity index (χ3v) is 5.96. The predicted molar refractivity (Wildman–Crippen MR) is 136 cm³/mol. The number of fused-ring (bicyclic) bond motifs is 3. The molecule has 0 aliphatic heterocycles. The lowest BCUT2D eigenvalue weighted by molar-refractivity contribution is -0.142. The molecule has 0 aliphatic rings. The van der Waals surface area contributed by atoms with Crippen LogP contribution in [0.2, 0.25) is 0 Å². The Bertz CT molecular complexity index is 1460. The van der Waals surface area contributed by atoms with Crippen LogP contribution in [-0.4, -0.2) is 24.1 Å². The molecule has 0 bridgehead atoms. The molecule has 2 aromatic heterocycles. The zero-order valence-corrected chi connectivity index (χ0v) is 19.4. The summed E-state index contributed by atoms with van der Waals surface area (Å²) in [6.07, 6.45) is -0.498. The van der Waals surface area contributed by atoms with Gasteiger partial charge in [0.15, 0.2) is 6.29 Å². The van der Waals surface area contributed by atoms with E-state index in [2.05, 4.69) is 24.3 Å². The first-order valence-electron chi connectivity index (χ1n) is 11.6. The highest BCUT2D eigenvalue weighted by molar-refractivity contribution is 6.16. The predicted octanol–water partition coefficient (Wildman–Crippen LogP) is 6.48. The van der Waals surface area contributed by atoms with Crippen molar-refractivity contribution in [2.24, 2.45) is 0 Å². The van der Waals surface area contributed by atoms with Gasteiger partial charge in [0, 0.05) is 29.5 Å². The Kier molecular flexibility index (Phi) is 6.30. The number of benzene rings is 3. The number of para-hydroxylation sites is 1. The summed E-state index contributed by atoms with van der Waals surface area (Å²) in [7, 11) is 0. The monoisotopic (exact) mass is 453 g/mol. The maximum Gasteiger partial charge on any atom is 0.361 e. The summed E-state index contributed by atoms with van der Waals surface area (Å²) in [5.74, 6) is 0. The van der Waals surface area contributed by atoms with Crippen LogP contribution < -0.4 is 5.63 Å². The molecule has 0 N–H and O–H groups in total. The number of hydrogen-bond acceptors (Lipinski definition) is 4. The van der Waals surface area contributed by atoms with Gasteiger partial charge in [-0.25, -0.2) is 4.79 Å². The zero-order valence-electron chi connectivity index (χ0n) is 19.4. The van der Waals surface area contributed by atoms with Gasteiger partial charge < -0.3 is 18.5 Å². The average molecular weight is 454 g/mol. The first kappa shape index (κ1) is 22.1. The average Bonchev–Trinajstić information content (AvgIpc) is 3.21. The molecule has 0 atom stereocenters. The molecule has 5 aromatic rings. The van der Waals surface area contributed by atoms with E-state index in [1.807, 2.05) is 79.1 Å². The van der Waals surface area contributed by atoms with Crippen LogP contribution in [0.15, 0.2) is 94.1 Å². The van der Waals surface area contributed by atoms with Crippen molar-refractivity contribution >= 4 is 21.9 Å². The van der Waals surface area contributed by atoms with Crippen molar-refractivity contribution in [1.29, 1.82) is 0 Å². The summed E-state index contributed by atoms with van der Waals surface area (Å²) in [6.45, 7) is 5.25. The van der Waals surface area contributed by atoms with Crippen LogP contribution in [0.3, 0.4) is 0 Å². The van der Waals surface area contributed by atoms with E-state index in [9.17, 15) is 4.79 Å². The summed E-state index contributed by atoms with van der Waals surface area (Å²) in [5, 5.41) is 1.78. The highest BCUT2D eigenvalue weighted by atomic mass is 16.7. The topological polar surface area (TPSA) is 53.6 Å². The summed E-state index contributed by atoms with van der Waals surface area (Å²) in [5.41, 5.74) is 4.69. The number of hydrogen-bond donors (Lipinski definition) is 0.